The number of nitrogens with zero attached hydrogens (tertiary/aromatic N) is 1. The highest BCUT2D eigenvalue weighted by molar-refractivity contribution is 7.88. The Kier molecular flexibility index (Phi) is 13.3. The number of sulfonamides is 1. The smallest absolute Gasteiger partial charge is 0.493 e. The zero-order valence-corrected chi connectivity index (χ0v) is 30.3. The first kappa shape index (κ1) is 40.5. The Morgan fingerprint density at radius 2 is 1.65 bits per heavy atom. The molecule has 17 heteroatoms. The molecular weight excluding hydrogens is 733 g/mol. The summed E-state index contributed by atoms with van der Waals surface area (Å²) in [5.41, 5.74) is -3.43. The number of aryl methyl sites for hydroxylation is 1. The van der Waals surface area contributed by atoms with E-state index in [2.05, 4.69) is 8.91 Å². The zero-order valence-electron chi connectivity index (χ0n) is 28.7. The van der Waals surface area contributed by atoms with Crippen LogP contribution in [0.4, 0.5) is 23.2 Å². The van der Waals surface area contributed by atoms with Crippen LogP contribution in [0.5, 0.6) is 11.5 Å². The number of benzene rings is 3. The summed E-state index contributed by atoms with van der Waals surface area (Å²) in [7, 11) is -9.32. The zero-order chi connectivity index (χ0) is 38.3. The molecule has 1 amide bonds. The van der Waals surface area contributed by atoms with Crippen molar-refractivity contribution in [1.29, 1.82) is 0 Å². The van der Waals surface area contributed by atoms with Gasteiger partial charge in [-0.2, -0.15) is 21.6 Å². The maximum absolute atomic E-state index is 13.9. The van der Waals surface area contributed by atoms with Gasteiger partial charge in [-0.1, -0.05) is 37.6 Å². The number of unbranched alkanes of at least 4 members (excludes halogenated alkanes) is 1. The van der Waals surface area contributed by atoms with Crippen LogP contribution in [0.2, 0.25) is 0 Å². The lowest BCUT2D eigenvalue weighted by Crippen LogP contribution is -2.55. The molecule has 1 N–H and O–H groups in total. The minimum atomic E-state index is -5.99. The maximum atomic E-state index is 13.9. The lowest BCUT2D eigenvalue weighted by atomic mass is 9.77. The van der Waals surface area contributed by atoms with Crippen LogP contribution in [0.3, 0.4) is 0 Å². The van der Waals surface area contributed by atoms with Crippen molar-refractivity contribution in [2.75, 3.05) is 24.3 Å². The molecule has 3 aromatic rings. The molecule has 52 heavy (non-hydrogen) atoms. The summed E-state index contributed by atoms with van der Waals surface area (Å²) in [5.74, 6) is -2.76. The molecule has 0 spiro atoms. The first-order valence-corrected chi connectivity index (χ1v) is 19.8. The van der Waals surface area contributed by atoms with E-state index in [9.17, 15) is 44.0 Å². The van der Waals surface area contributed by atoms with E-state index in [1.54, 1.807) is 24.3 Å². The van der Waals surface area contributed by atoms with E-state index in [-0.39, 0.29) is 37.6 Å². The average molecular weight is 773 g/mol. The molecule has 0 radical (unpaired) electrons. The first-order chi connectivity index (χ1) is 24.4. The quantitative estimate of drug-likeness (QED) is 0.0382. The number of ether oxygens (including phenoxy) is 2. The molecule has 1 fully saturated rings. The number of hydrogen-bond acceptors (Lipinski definition) is 9. The molecule has 0 aliphatic carbocycles. The number of nitrogens with one attached hydrogen (secondary N) is 1. The van der Waals surface area contributed by atoms with Crippen LogP contribution in [0.25, 0.3) is 0 Å². The monoisotopic (exact) mass is 772 g/mol. The average Bonchev–Trinajstić information content (AvgIpc) is 3.05. The fourth-order valence-electron chi connectivity index (χ4n) is 5.79. The Bertz CT molecular complexity index is 1920. The largest absolute Gasteiger partial charge is 0.534 e. The number of hydrogen-bond donors (Lipinski definition) is 1. The van der Waals surface area contributed by atoms with E-state index in [0.717, 1.165) is 24.0 Å². The highest BCUT2D eigenvalue weighted by Crippen LogP contribution is 2.50. The topological polar surface area (TPSA) is 145 Å². The van der Waals surface area contributed by atoms with E-state index in [4.69, 9.17) is 9.47 Å². The molecular formula is C35H40F4N2O9S2. The fourth-order valence-corrected chi connectivity index (χ4v) is 6.75. The number of rotatable bonds is 18. The van der Waals surface area contributed by atoms with Gasteiger partial charge in [-0.3, -0.25) is 9.59 Å². The molecule has 0 saturated carbocycles. The molecule has 1 saturated heterocycles. The van der Waals surface area contributed by atoms with Crippen molar-refractivity contribution >= 4 is 37.7 Å². The van der Waals surface area contributed by atoms with Gasteiger partial charge in [-0.15, -0.1) is 0 Å². The van der Waals surface area contributed by atoms with Crippen molar-refractivity contribution < 1.29 is 57.6 Å². The third kappa shape index (κ3) is 10.7. The van der Waals surface area contributed by atoms with Crippen LogP contribution < -0.4 is 18.5 Å². The summed E-state index contributed by atoms with van der Waals surface area (Å²) in [5, 5.41) is 0. The summed E-state index contributed by atoms with van der Waals surface area (Å²) in [6.45, 7) is 3.50. The molecule has 11 nitrogen and oxygen atoms in total. The van der Waals surface area contributed by atoms with Crippen molar-refractivity contribution in [2.45, 2.75) is 70.0 Å². The summed E-state index contributed by atoms with van der Waals surface area (Å²) < 4.78 is 118. The van der Waals surface area contributed by atoms with Crippen molar-refractivity contribution in [3.05, 3.63) is 89.2 Å². The van der Waals surface area contributed by atoms with Gasteiger partial charge in [0.1, 0.15) is 23.4 Å². The molecule has 3 aromatic carbocycles. The van der Waals surface area contributed by atoms with E-state index in [1.165, 1.54) is 42.2 Å². The van der Waals surface area contributed by atoms with Gasteiger partial charge in [0.2, 0.25) is 15.9 Å². The van der Waals surface area contributed by atoms with Crippen LogP contribution in [-0.2, 0) is 40.9 Å². The van der Waals surface area contributed by atoms with E-state index >= 15 is 0 Å². The highest BCUT2D eigenvalue weighted by Gasteiger charge is 2.51. The summed E-state index contributed by atoms with van der Waals surface area (Å²) >= 11 is 0. The Hall–Kier alpha value is -4.22. The Morgan fingerprint density at radius 3 is 2.25 bits per heavy atom. The minimum absolute atomic E-state index is 0.0147. The van der Waals surface area contributed by atoms with Crippen LogP contribution in [0.15, 0.2) is 66.7 Å². The number of carbonyl (C=O) groups excluding carboxylic acids is 2. The van der Waals surface area contributed by atoms with Gasteiger partial charge in [-0.05, 0) is 79.6 Å². The van der Waals surface area contributed by atoms with Crippen LogP contribution in [0, 0.1) is 11.7 Å². The van der Waals surface area contributed by atoms with Gasteiger partial charge in [0, 0.05) is 30.8 Å². The number of alkyl halides is 3. The summed E-state index contributed by atoms with van der Waals surface area (Å²) in [6.07, 6.45) is 2.91. The third-order valence-electron chi connectivity index (χ3n) is 8.27. The SMILES string of the molecule is CCCCOc1cc(OS(=O)(=O)C(F)(F)F)ccc1[C@@H]1C(CC[C@H](OC(C)=O)c2ccc(F)cc2)C(=O)N1c1ccc(CCCNS(C)(=O)=O)cc1. The molecule has 0 bridgehead atoms. The van der Waals surface area contributed by atoms with Gasteiger partial charge < -0.3 is 18.6 Å². The predicted octanol–water partition coefficient (Wildman–Crippen LogP) is 6.50. The van der Waals surface area contributed by atoms with Gasteiger partial charge in [-0.25, -0.2) is 17.5 Å². The van der Waals surface area contributed by atoms with E-state index in [0.29, 0.717) is 42.5 Å². The predicted molar refractivity (Wildman–Crippen MR) is 184 cm³/mol. The van der Waals surface area contributed by atoms with Crippen molar-refractivity contribution in [2.24, 2.45) is 5.92 Å². The Labute approximate surface area is 300 Å². The second-order valence-electron chi connectivity index (χ2n) is 12.3. The van der Waals surface area contributed by atoms with Gasteiger partial charge in [0.15, 0.2) is 0 Å². The molecule has 284 valence electrons. The van der Waals surface area contributed by atoms with Crippen molar-refractivity contribution in [3.63, 3.8) is 0 Å². The molecule has 0 aromatic heterocycles. The molecule has 1 aliphatic rings. The number of amides is 1. The number of β-lactam (4-membered cyclic amide) rings is 1. The van der Waals surface area contributed by atoms with Gasteiger partial charge >= 0.3 is 21.6 Å². The van der Waals surface area contributed by atoms with Crippen LogP contribution >= 0.6 is 0 Å². The minimum Gasteiger partial charge on any atom is -0.493 e. The molecule has 3 atom stereocenters. The Morgan fingerprint density at radius 1 is 0.981 bits per heavy atom. The molecule has 1 aliphatic heterocycles. The number of halogens is 4. The standard InChI is InChI=1S/C35H40F4N2O9S2/c1-4-5-21-48-32-22-28(50-52(46,47)35(37,38)39)16-17-29(32)33-30(18-19-31(49-23(2)42)25-10-12-26(36)13-11-25)34(43)41(33)27-14-8-24(9-15-27)7-6-20-40-51(3,44)45/h8-17,22,30-31,33,40H,4-7,18-21H2,1-3H3/t30?,31-,33+/m0/s1. The first-order valence-electron chi connectivity index (χ1n) is 16.5. The van der Waals surface area contributed by atoms with Crippen molar-refractivity contribution in [1.82, 2.24) is 4.72 Å². The normalized spacial score (nSPS) is 17.0. The third-order valence-corrected chi connectivity index (χ3v) is 9.98. The second-order valence-corrected chi connectivity index (χ2v) is 15.7. The van der Waals surface area contributed by atoms with E-state index in [1.807, 2.05) is 6.92 Å². The molecule has 1 unspecified atom stereocenters. The fraction of sp³-hybridized carbons (Fsp3) is 0.429. The Balaban J connectivity index is 1.69. The molecule has 4 rings (SSSR count). The summed E-state index contributed by atoms with van der Waals surface area (Å²) in [4.78, 5) is 27.4. The van der Waals surface area contributed by atoms with Gasteiger partial charge in [0.05, 0.1) is 24.8 Å². The maximum Gasteiger partial charge on any atom is 0.534 e. The van der Waals surface area contributed by atoms with Crippen molar-refractivity contribution in [3.8, 4) is 11.5 Å². The van der Waals surface area contributed by atoms with Gasteiger partial charge in [0.25, 0.3) is 0 Å². The second kappa shape index (κ2) is 17.1. The lowest BCUT2D eigenvalue weighted by Gasteiger charge is -2.48. The number of anilines is 1. The van der Waals surface area contributed by atoms with Crippen LogP contribution in [0.1, 0.15) is 74.8 Å². The number of esters is 1. The summed E-state index contributed by atoms with van der Waals surface area (Å²) in [6, 6.07) is 15.1. The highest BCUT2D eigenvalue weighted by atomic mass is 32.2. The lowest BCUT2D eigenvalue weighted by molar-refractivity contribution is -0.147. The van der Waals surface area contributed by atoms with E-state index < -0.39 is 61.2 Å². The number of carbonyl (C=O) groups is 2. The van der Waals surface area contributed by atoms with Crippen LogP contribution in [-0.4, -0.2) is 53.6 Å². The molecule has 1 heterocycles.